The molecule has 0 aliphatic carbocycles. The summed E-state index contributed by atoms with van der Waals surface area (Å²) in [5.41, 5.74) is 5.29. The molecule has 0 atom stereocenters. The Balaban J connectivity index is 3.12. The molecule has 0 aliphatic heterocycles. The number of hydrogen-bond acceptors (Lipinski definition) is 4. The van der Waals surface area contributed by atoms with Gasteiger partial charge in [-0.3, -0.25) is 5.41 Å². The second-order valence-corrected chi connectivity index (χ2v) is 5.99. The van der Waals surface area contributed by atoms with Crippen molar-refractivity contribution in [2.45, 2.75) is 25.3 Å². The molecule has 0 saturated heterocycles. The fourth-order valence-corrected chi connectivity index (χ4v) is 3.04. The summed E-state index contributed by atoms with van der Waals surface area (Å²) in [5.74, 6) is 0.438. The smallest absolute Gasteiger partial charge is 0.262 e. The van der Waals surface area contributed by atoms with E-state index in [9.17, 15) is 8.42 Å². The van der Waals surface area contributed by atoms with Gasteiger partial charge >= 0.3 is 0 Å². The summed E-state index contributed by atoms with van der Waals surface area (Å²) in [6.07, 6.45) is 2.12. The molecule has 0 saturated carbocycles. The second-order valence-electron chi connectivity index (χ2n) is 4.10. The van der Waals surface area contributed by atoms with Crippen LogP contribution < -0.4 is 5.73 Å². The summed E-state index contributed by atoms with van der Waals surface area (Å²) in [6, 6.07) is 0. The maximum atomic E-state index is 12.3. The maximum absolute atomic E-state index is 12.3. The first-order valence-corrected chi connectivity index (χ1v) is 7.06. The van der Waals surface area contributed by atoms with Crippen LogP contribution in [0.3, 0.4) is 0 Å². The fraction of sp³-hybridized carbons (Fsp3) is 0.600. The summed E-state index contributed by atoms with van der Waals surface area (Å²) in [5, 5.41) is 7.24. The van der Waals surface area contributed by atoms with Gasteiger partial charge in [-0.2, -0.15) is 4.31 Å². The third-order valence-corrected chi connectivity index (χ3v) is 4.23. The van der Waals surface area contributed by atoms with Crippen LogP contribution in [0.2, 0.25) is 0 Å². The standard InChI is InChI=1S/C10H19N5O2S/c1-4-5-15(6-9(11)12)18(16,17)10-7-14(3)8(2)13-10/h7H,4-6H2,1-3H3,(H3,11,12). The number of aryl methyl sites for hydroxylation is 2. The van der Waals surface area contributed by atoms with E-state index in [1.807, 2.05) is 6.92 Å². The van der Waals surface area contributed by atoms with E-state index in [1.54, 1.807) is 18.5 Å². The lowest BCUT2D eigenvalue weighted by atomic mass is 10.4. The molecule has 0 radical (unpaired) electrons. The molecular weight excluding hydrogens is 254 g/mol. The molecule has 0 aliphatic rings. The van der Waals surface area contributed by atoms with Gasteiger partial charge in [-0.05, 0) is 13.3 Å². The fourth-order valence-electron chi connectivity index (χ4n) is 1.51. The largest absolute Gasteiger partial charge is 0.387 e. The van der Waals surface area contributed by atoms with Gasteiger partial charge in [0.15, 0.2) is 5.03 Å². The van der Waals surface area contributed by atoms with Gasteiger partial charge < -0.3 is 10.3 Å². The van der Waals surface area contributed by atoms with Crippen molar-refractivity contribution in [1.29, 1.82) is 5.41 Å². The van der Waals surface area contributed by atoms with Crippen LogP contribution in [0.5, 0.6) is 0 Å². The first-order chi connectivity index (χ1) is 8.28. The van der Waals surface area contributed by atoms with Crippen molar-refractivity contribution in [2.24, 2.45) is 12.8 Å². The quantitative estimate of drug-likeness (QED) is 0.565. The van der Waals surface area contributed by atoms with Crippen LogP contribution in [0.25, 0.3) is 0 Å². The van der Waals surface area contributed by atoms with Crippen molar-refractivity contribution in [3.05, 3.63) is 12.0 Å². The predicted octanol–water partition coefficient (Wildman–Crippen LogP) is 0.0652. The van der Waals surface area contributed by atoms with Crippen LogP contribution in [0.1, 0.15) is 19.2 Å². The van der Waals surface area contributed by atoms with Crippen molar-refractivity contribution >= 4 is 15.9 Å². The van der Waals surface area contributed by atoms with Gasteiger partial charge in [0.2, 0.25) is 0 Å². The van der Waals surface area contributed by atoms with Crippen LogP contribution in [0.15, 0.2) is 11.2 Å². The van der Waals surface area contributed by atoms with E-state index in [0.29, 0.717) is 18.8 Å². The summed E-state index contributed by atoms with van der Waals surface area (Å²) >= 11 is 0. The molecule has 1 rings (SSSR count). The minimum Gasteiger partial charge on any atom is -0.387 e. The van der Waals surface area contributed by atoms with Gasteiger partial charge in [-0.1, -0.05) is 6.92 Å². The van der Waals surface area contributed by atoms with Crippen molar-refractivity contribution in [1.82, 2.24) is 13.9 Å². The lowest BCUT2D eigenvalue weighted by molar-refractivity contribution is 0.445. The lowest BCUT2D eigenvalue weighted by Crippen LogP contribution is -2.38. The number of sulfonamides is 1. The van der Waals surface area contributed by atoms with E-state index in [1.165, 1.54) is 10.5 Å². The van der Waals surface area contributed by atoms with Gasteiger partial charge in [0.25, 0.3) is 10.0 Å². The zero-order valence-electron chi connectivity index (χ0n) is 10.8. The third kappa shape index (κ3) is 3.08. The molecule has 0 bridgehead atoms. The lowest BCUT2D eigenvalue weighted by Gasteiger charge is -2.19. The van der Waals surface area contributed by atoms with Crippen LogP contribution in [-0.4, -0.2) is 41.2 Å². The number of rotatable bonds is 6. The molecule has 1 heterocycles. The Morgan fingerprint density at radius 1 is 1.61 bits per heavy atom. The minimum absolute atomic E-state index is 0.00259. The Morgan fingerprint density at radius 2 is 2.22 bits per heavy atom. The molecule has 3 N–H and O–H groups in total. The highest BCUT2D eigenvalue weighted by atomic mass is 32.2. The average molecular weight is 273 g/mol. The van der Waals surface area contributed by atoms with E-state index < -0.39 is 10.0 Å². The third-order valence-electron chi connectivity index (χ3n) is 2.51. The Bertz CT molecular complexity index is 515. The van der Waals surface area contributed by atoms with Crippen molar-refractivity contribution in [3.8, 4) is 0 Å². The van der Waals surface area contributed by atoms with Gasteiger partial charge in [0, 0.05) is 19.8 Å². The highest BCUT2D eigenvalue weighted by Gasteiger charge is 2.27. The number of amidine groups is 1. The normalized spacial score (nSPS) is 12.0. The van der Waals surface area contributed by atoms with Gasteiger partial charge in [-0.25, -0.2) is 13.4 Å². The van der Waals surface area contributed by atoms with Crippen LogP contribution in [-0.2, 0) is 17.1 Å². The SMILES string of the molecule is CCCN(CC(=N)N)S(=O)(=O)c1cn(C)c(C)n1. The van der Waals surface area contributed by atoms with E-state index in [4.69, 9.17) is 11.1 Å². The molecule has 18 heavy (non-hydrogen) atoms. The highest BCUT2D eigenvalue weighted by molar-refractivity contribution is 7.89. The number of imidazole rings is 1. The van der Waals surface area contributed by atoms with Crippen LogP contribution in [0, 0.1) is 12.3 Å². The van der Waals surface area contributed by atoms with Crippen molar-refractivity contribution in [2.75, 3.05) is 13.1 Å². The van der Waals surface area contributed by atoms with Crippen molar-refractivity contribution in [3.63, 3.8) is 0 Å². The Labute approximate surface area is 107 Å². The highest BCUT2D eigenvalue weighted by Crippen LogP contribution is 2.14. The topological polar surface area (TPSA) is 105 Å². The van der Waals surface area contributed by atoms with E-state index in [0.717, 1.165) is 0 Å². The molecule has 0 spiro atoms. The Morgan fingerprint density at radius 3 is 2.61 bits per heavy atom. The number of nitrogens with one attached hydrogen (secondary N) is 1. The van der Waals surface area contributed by atoms with E-state index in [2.05, 4.69) is 4.98 Å². The van der Waals surface area contributed by atoms with E-state index >= 15 is 0 Å². The van der Waals surface area contributed by atoms with Crippen LogP contribution in [0.4, 0.5) is 0 Å². The first kappa shape index (κ1) is 14.7. The molecule has 0 unspecified atom stereocenters. The summed E-state index contributed by atoms with van der Waals surface area (Å²) in [6.45, 7) is 3.81. The van der Waals surface area contributed by atoms with Gasteiger partial charge in [0.05, 0.1) is 6.54 Å². The predicted molar refractivity (Wildman–Crippen MR) is 68.9 cm³/mol. The number of hydrogen-bond donors (Lipinski definition) is 2. The molecule has 7 nitrogen and oxygen atoms in total. The monoisotopic (exact) mass is 273 g/mol. The molecule has 1 aromatic heterocycles. The van der Waals surface area contributed by atoms with Gasteiger partial charge in [0.1, 0.15) is 11.7 Å². The second kappa shape index (κ2) is 5.49. The first-order valence-electron chi connectivity index (χ1n) is 5.62. The minimum atomic E-state index is -3.68. The molecule has 102 valence electrons. The van der Waals surface area contributed by atoms with Gasteiger partial charge in [-0.15, -0.1) is 0 Å². The summed E-state index contributed by atoms with van der Waals surface area (Å²) in [4.78, 5) is 4.01. The Kier molecular flexibility index (Phi) is 4.47. The number of aromatic nitrogens is 2. The molecule has 0 fully saturated rings. The molecule has 0 amide bonds. The summed E-state index contributed by atoms with van der Waals surface area (Å²) in [7, 11) is -1.95. The summed E-state index contributed by atoms with van der Waals surface area (Å²) < 4.78 is 27.5. The molecular formula is C10H19N5O2S. The van der Waals surface area contributed by atoms with Crippen LogP contribution >= 0.6 is 0 Å². The number of nitrogens with zero attached hydrogens (tertiary/aromatic N) is 3. The maximum Gasteiger partial charge on any atom is 0.262 e. The number of nitrogens with two attached hydrogens (primary N) is 1. The molecule has 0 aromatic carbocycles. The average Bonchev–Trinajstić information content (AvgIpc) is 2.59. The Hall–Kier alpha value is -1.41. The molecule has 8 heteroatoms. The molecule has 1 aromatic rings. The zero-order chi connectivity index (χ0) is 13.9. The van der Waals surface area contributed by atoms with Crippen molar-refractivity contribution < 1.29 is 8.42 Å². The zero-order valence-corrected chi connectivity index (χ0v) is 11.7. The van der Waals surface area contributed by atoms with E-state index in [-0.39, 0.29) is 17.4 Å².